The summed E-state index contributed by atoms with van der Waals surface area (Å²) in [6.45, 7) is 8.23. The van der Waals surface area contributed by atoms with E-state index in [0.717, 1.165) is 16.8 Å². The highest BCUT2D eigenvalue weighted by Crippen LogP contribution is 2.14. The van der Waals surface area contributed by atoms with Crippen LogP contribution in [0, 0.1) is 0 Å². The van der Waals surface area contributed by atoms with E-state index in [1.165, 1.54) is 6.17 Å². The van der Waals surface area contributed by atoms with Gasteiger partial charge in [-0.1, -0.05) is 19.6 Å². The summed E-state index contributed by atoms with van der Waals surface area (Å²) >= 11 is 0. The molecular weight excluding hydrogens is 190 g/mol. The Labute approximate surface area is 88.1 Å². The molecule has 1 heterocycles. The standard InChI is InChI=1S/C11H22NOSi/c1-12(2,10-14(3,4)5)9-11-7-6-8-13-11/h6-8H,9-10H2,1-5H3/q+1. The lowest BCUT2D eigenvalue weighted by molar-refractivity contribution is -0.895. The minimum Gasteiger partial charge on any atom is -0.463 e. The monoisotopic (exact) mass is 212 g/mol. The van der Waals surface area contributed by atoms with Crippen molar-refractivity contribution < 1.29 is 8.90 Å². The van der Waals surface area contributed by atoms with Gasteiger partial charge in [-0.15, -0.1) is 0 Å². The first-order valence-electron chi connectivity index (χ1n) is 5.13. The van der Waals surface area contributed by atoms with E-state index in [9.17, 15) is 0 Å². The van der Waals surface area contributed by atoms with Gasteiger partial charge in [0.1, 0.15) is 14.6 Å². The maximum Gasteiger partial charge on any atom is 0.158 e. The Morgan fingerprint density at radius 1 is 1.29 bits per heavy atom. The van der Waals surface area contributed by atoms with Gasteiger partial charge in [0, 0.05) is 0 Å². The summed E-state index contributed by atoms with van der Waals surface area (Å²) in [5, 5.41) is 0. The smallest absolute Gasteiger partial charge is 0.158 e. The van der Waals surface area contributed by atoms with E-state index in [1.807, 2.05) is 6.07 Å². The van der Waals surface area contributed by atoms with Crippen LogP contribution >= 0.6 is 0 Å². The van der Waals surface area contributed by atoms with Crippen molar-refractivity contribution in [2.75, 3.05) is 20.3 Å². The predicted octanol–water partition coefficient (Wildman–Crippen LogP) is 2.73. The molecule has 0 fully saturated rings. The van der Waals surface area contributed by atoms with Crippen LogP contribution in [0.5, 0.6) is 0 Å². The normalized spacial score (nSPS) is 13.2. The van der Waals surface area contributed by atoms with Gasteiger partial charge in [0.2, 0.25) is 0 Å². The summed E-state index contributed by atoms with van der Waals surface area (Å²) in [7, 11) is 3.56. The Hall–Kier alpha value is -0.543. The molecule has 0 unspecified atom stereocenters. The third-order valence-corrected chi connectivity index (χ3v) is 3.87. The zero-order chi connectivity index (χ0) is 10.8. The Bertz CT molecular complexity index is 272. The molecule has 3 heteroatoms. The average Bonchev–Trinajstić information content (AvgIpc) is 2.31. The SMILES string of the molecule is C[N+](C)(Cc1ccco1)C[Si](C)(C)C. The Balaban J connectivity index is 2.58. The third-order valence-electron chi connectivity index (χ3n) is 2.07. The van der Waals surface area contributed by atoms with Crippen molar-refractivity contribution >= 4 is 8.07 Å². The van der Waals surface area contributed by atoms with Gasteiger partial charge in [0.25, 0.3) is 0 Å². The second-order valence-corrected chi connectivity index (χ2v) is 11.3. The summed E-state index contributed by atoms with van der Waals surface area (Å²) in [5.41, 5.74) is 0. The quantitative estimate of drug-likeness (QED) is 0.552. The lowest BCUT2D eigenvalue weighted by Crippen LogP contribution is -2.49. The zero-order valence-electron chi connectivity index (χ0n) is 10.0. The number of hydrogen-bond donors (Lipinski definition) is 0. The highest BCUT2D eigenvalue weighted by molar-refractivity contribution is 6.75. The first kappa shape index (κ1) is 11.5. The average molecular weight is 212 g/mol. The van der Waals surface area contributed by atoms with Crippen molar-refractivity contribution in [1.82, 2.24) is 0 Å². The van der Waals surface area contributed by atoms with Gasteiger partial charge >= 0.3 is 0 Å². The summed E-state index contributed by atoms with van der Waals surface area (Å²) in [5.74, 6) is 1.09. The van der Waals surface area contributed by atoms with Crippen molar-refractivity contribution in [3.63, 3.8) is 0 Å². The molecule has 0 bridgehead atoms. The molecule has 80 valence electrons. The van der Waals surface area contributed by atoms with Gasteiger partial charge in [0.15, 0.2) is 5.76 Å². The van der Waals surface area contributed by atoms with Crippen LogP contribution in [0.15, 0.2) is 22.8 Å². The van der Waals surface area contributed by atoms with Crippen LogP contribution in [-0.4, -0.2) is 32.8 Å². The van der Waals surface area contributed by atoms with Crippen molar-refractivity contribution in [1.29, 1.82) is 0 Å². The lowest BCUT2D eigenvalue weighted by Gasteiger charge is -2.34. The Morgan fingerprint density at radius 3 is 2.36 bits per heavy atom. The predicted molar refractivity (Wildman–Crippen MR) is 62.7 cm³/mol. The van der Waals surface area contributed by atoms with E-state index in [1.54, 1.807) is 6.26 Å². The number of nitrogens with zero attached hydrogens (tertiary/aromatic N) is 1. The van der Waals surface area contributed by atoms with Gasteiger partial charge in [0.05, 0.1) is 26.5 Å². The molecule has 2 nitrogen and oxygen atoms in total. The minimum atomic E-state index is -0.996. The van der Waals surface area contributed by atoms with Gasteiger partial charge in [-0.3, -0.25) is 0 Å². The van der Waals surface area contributed by atoms with Gasteiger partial charge in [-0.2, -0.15) is 0 Å². The van der Waals surface area contributed by atoms with E-state index in [4.69, 9.17) is 4.42 Å². The van der Waals surface area contributed by atoms with Crippen LogP contribution in [-0.2, 0) is 6.54 Å². The van der Waals surface area contributed by atoms with E-state index in [0.29, 0.717) is 0 Å². The fourth-order valence-corrected chi connectivity index (χ4v) is 4.84. The van der Waals surface area contributed by atoms with Crippen LogP contribution < -0.4 is 0 Å². The zero-order valence-corrected chi connectivity index (χ0v) is 11.0. The molecule has 0 spiro atoms. The maximum atomic E-state index is 5.38. The highest BCUT2D eigenvalue weighted by atomic mass is 28.3. The van der Waals surface area contributed by atoms with E-state index in [-0.39, 0.29) is 0 Å². The van der Waals surface area contributed by atoms with Crippen LogP contribution in [0.4, 0.5) is 0 Å². The molecule has 14 heavy (non-hydrogen) atoms. The van der Waals surface area contributed by atoms with E-state index < -0.39 is 8.07 Å². The van der Waals surface area contributed by atoms with Crippen LogP contribution in [0.2, 0.25) is 19.6 Å². The molecule has 1 aromatic rings. The molecule has 0 aliphatic rings. The molecular formula is C11H22NOSi+. The molecule has 1 rings (SSSR count). The number of rotatable bonds is 4. The second-order valence-electron chi connectivity index (χ2n) is 5.89. The highest BCUT2D eigenvalue weighted by Gasteiger charge is 2.27. The fraction of sp³-hybridized carbons (Fsp3) is 0.636. The second kappa shape index (κ2) is 3.91. The van der Waals surface area contributed by atoms with E-state index >= 15 is 0 Å². The molecule has 0 aliphatic heterocycles. The Kier molecular flexibility index (Phi) is 3.22. The molecule has 0 N–H and O–H groups in total. The molecule has 0 radical (unpaired) electrons. The maximum absolute atomic E-state index is 5.38. The fourth-order valence-electron chi connectivity index (χ4n) is 2.16. The molecule has 0 aromatic carbocycles. The number of quaternary nitrogens is 1. The van der Waals surface area contributed by atoms with Crippen molar-refractivity contribution in [3.05, 3.63) is 24.2 Å². The summed E-state index contributed by atoms with van der Waals surface area (Å²) < 4.78 is 6.41. The molecule has 0 saturated carbocycles. The minimum absolute atomic E-state index is 0.996. The molecule has 0 saturated heterocycles. The van der Waals surface area contributed by atoms with Crippen molar-refractivity contribution in [2.24, 2.45) is 0 Å². The first-order chi connectivity index (χ1) is 6.29. The van der Waals surface area contributed by atoms with Crippen LogP contribution in [0.3, 0.4) is 0 Å². The molecule has 0 amide bonds. The van der Waals surface area contributed by atoms with Gasteiger partial charge in [-0.05, 0) is 12.1 Å². The van der Waals surface area contributed by atoms with Crippen LogP contribution in [0.25, 0.3) is 0 Å². The largest absolute Gasteiger partial charge is 0.463 e. The summed E-state index contributed by atoms with van der Waals surface area (Å²) in [4.78, 5) is 0. The van der Waals surface area contributed by atoms with E-state index in [2.05, 4.69) is 39.8 Å². The molecule has 0 aliphatic carbocycles. The Morgan fingerprint density at radius 2 is 1.93 bits per heavy atom. The number of furan rings is 1. The van der Waals surface area contributed by atoms with Gasteiger partial charge in [-0.25, -0.2) is 0 Å². The summed E-state index contributed by atoms with van der Waals surface area (Å²) in [6.07, 6.45) is 3.04. The topological polar surface area (TPSA) is 13.1 Å². The van der Waals surface area contributed by atoms with Gasteiger partial charge < -0.3 is 8.90 Å². The summed E-state index contributed by atoms with van der Waals surface area (Å²) in [6, 6.07) is 4.02. The number of hydrogen-bond acceptors (Lipinski definition) is 1. The molecule has 0 atom stereocenters. The van der Waals surface area contributed by atoms with Crippen LogP contribution in [0.1, 0.15) is 5.76 Å². The molecule has 1 aromatic heterocycles. The lowest BCUT2D eigenvalue weighted by atomic mass is 10.4. The third kappa shape index (κ3) is 4.11. The van der Waals surface area contributed by atoms with Crippen molar-refractivity contribution in [2.45, 2.75) is 26.2 Å². The first-order valence-corrected chi connectivity index (χ1v) is 8.84. The van der Waals surface area contributed by atoms with Crippen molar-refractivity contribution in [3.8, 4) is 0 Å².